The van der Waals surface area contributed by atoms with Crippen molar-refractivity contribution < 1.29 is 13.2 Å². The maximum atomic E-state index is 12.6. The molecule has 6 heteroatoms. The number of benzene rings is 1. The highest BCUT2D eigenvalue weighted by molar-refractivity contribution is 7.88. The Labute approximate surface area is 145 Å². The van der Waals surface area contributed by atoms with E-state index in [2.05, 4.69) is 12.2 Å². The molecular weight excluding hydrogens is 324 g/mol. The molecule has 1 aromatic carbocycles. The van der Waals surface area contributed by atoms with Crippen LogP contribution < -0.4 is 5.32 Å². The highest BCUT2D eigenvalue weighted by atomic mass is 32.2. The van der Waals surface area contributed by atoms with E-state index in [-0.39, 0.29) is 23.6 Å². The molecular formula is C18H28N2O3S. The minimum absolute atomic E-state index is 0.00554. The van der Waals surface area contributed by atoms with Gasteiger partial charge < -0.3 is 5.32 Å². The van der Waals surface area contributed by atoms with Crippen LogP contribution in [0.5, 0.6) is 0 Å². The maximum absolute atomic E-state index is 12.6. The van der Waals surface area contributed by atoms with Gasteiger partial charge >= 0.3 is 0 Å². The molecule has 0 aromatic heterocycles. The Morgan fingerprint density at radius 1 is 1.33 bits per heavy atom. The lowest BCUT2D eigenvalue weighted by atomic mass is 9.98. The third kappa shape index (κ3) is 5.31. The summed E-state index contributed by atoms with van der Waals surface area (Å²) < 4.78 is 26.8. The summed E-state index contributed by atoms with van der Waals surface area (Å²) in [5.41, 5.74) is 0.778. The molecule has 1 saturated heterocycles. The summed E-state index contributed by atoms with van der Waals surface area (Å²) in [5.74, 6) is -0.270. The van der Waals surface area contributed by atoms with E-state index in [1.54, 1.807) is 0 Å². The van der Waals surface area contributed by atoms with Crippen LogP contribution in [-0.2, 0) is 20.6 Å². The van der Waals surface area contributed by atoms with Gasteiger partial charge in [0.2, 0.25) is 15.9 Å². The van der Waals surface area contributed by atoms with Crippen LogP contribution in [0.15, 0.2) is 30.3 Å². The van der Waals surface area contributed by atoms with Crippen molar-refractivity contribution in [1.29, 1.82) is 0 Å². The van der Waals surface area contributed by atoms with E-state index in [0.29, 0.717) is 13.1 Å². The number of nitrogens with zero attached hydrogens (tertiary/aromatic N) is 1. The summed E-state index contributed by atoms with van der Waals surface area (Å²) in [5, 5.41) is 3.01. The van der Waals surface area contributed by atoms with Crippen molar-refractivity contribution in [2.45, 2.75) is 51.3 Å². The topological polar surface area (TPSA) is 66.5 Å². The fraction of sp³-hybridized carbons (Fsp3) is 0.611. The predicted molar refractivity (Wildman–Crippen MR) is 95.9 cm³/mol. The van der Waals surface area contributed by atoms with Gasteiger partial charge in [-0.05, 0) is 31.7 Å². The quantitative estimate of drug-likeness (QED) is 0.820. The van der Waals surface area contributed by atoms with Crippen molar-refractivity contribution in [1.82, 2.24) is 9.62 Å². The summed E-state index contributed by atoms with van der Waals surface area (Å²) in [7, 11) is -3.39. The highest BCUT2D eigenvalue weighted by Gasteiger charge is 2.32. The van der Waals surface area contributed by atoms with Gasteiger partial charge in [0.1, 0.15) is 0 Å². The molecule has 134 valence electrons. The average Bonchev–Trinajstić information content (AvgIpc) is 2.55. The van der Waals surface area contributed by atoms with Crippen LogP contribution in [0.1, 0.15) is 45.1 Å². The Hall–Kier alpha value is -1.40. The molecule has 2 unspecified atom stereocenters. The fourth-order valence-corrected chi connectivity index (χ4v) is 4.76. The second-order valence-corrected chi connectivity index (χ2v) is 8.61. The lowest BCUT2D eigenvalue weighted by molar-refractivity contribution is -0.126. The van der Waals surface area contributed by atoms with Gasteiger partial charge in [-0.3, -0.25) is 4.79 Å². The van der Waals surface area contributed by atoms with Crippen LogP contribution in [0.25, 0.3) is 0 Å². The number of amides is 1. The second kappa shape index (κ2) is 8.62. The zero-order chi connectivity index (χ0) is 17.6. The number of rotatable bonds is 7. The number of piperidine rings is 1. The molecule has 1 heterocycles. The largest absolute Gasteiger partial charge is 0.353 e. The zero-order valence-corrected chi connectivity index (χ0v) is 15.4. The van der Waals surface area contributed by atoms with Gasteiger partial charge in [0.25, 0.3) is 0 Å². The van der Waals surface area contributed by atoms with Crippen molar-refractivity contribution in [3.8, 4) is 0 Å². The van der Waals surface area contributed by atoms with E-state index >= 15 is 0 Å². The van der Waals surface area contributed by atoms with Gasteiger partial charge in [-0.1, -0.05) is 43.7 Å². The third-order valence-electron chi connectivity index (χ3n) is 4.45. The van der Waals surface area contributed by atoms with Gasteiger partial charge in [-0.15, -0.1) is 0 Å². The van der Waals surface area contributed by atoms with E-state index < -0.39 is 10.0 Å². The molecule has 1 aliphatic heterocycles. The molecule has 1 aromatic rings. The maximum Gasteiger partial charge on any atom is 0.224 e. The standard InChI is InChI=1S/C18H28N2O3S/c1-3-8-15(2)19-18(21)17-11-7-12-20(13-17)24(22,23)14-16-9-5-4-6-10-16/h4-6,9-10,15,17H,3,7-8,11-14H2,1-2H3,(H,19,21). The lowest BCUT2D eigenvalue weighted by Crippen LogP contribution is -2.47. The van der Waals surface area contributed by atoms with Crippen LogP contribution in [0.2, 0.25) is 0 Å². The molecule has 0 saturated carbocycles. The first-order valence-corrected chi connectivity index (χ1v) is 10.4. The fourth-order valence-electron chi connectivity index (χ4n) is 3.15. The van der Waals surface area contributed by atoms with Gasteiger partial charge in [0, 0.05) is 19.1 Å². The summed E-state index contributed by atoms with van der Waals surface area (Å²) in [6.07, 6.45) is 3.44. The first kappa shape index (κ1) is 18.9. The van der Waals surface area contributed by atoms with Crippen molar-refractivity contribution in [3.63, 3.8) is 0 Å². The molecule has 0 bridgehead atoms. The van der Waals surface area contributed by atoms with Gasteiger partial charge in [0.05, 0.1) is 11.7 Å². The molecule has 1 fully saturated rings. The molecule has 1 amide bonds. The Balaban J connectivity index is 1.98. The summed E-state index contributed by atoms with van der Waals surface area (Å²) in [6, 6.07) is 9.32. The van der Waals surface area contributed by atoms with Crippen molar-refractivity contribution >= 4 is 15.9 Å². The molecule has 2 atom stereocenters. The van der Waals surface area contributed by atoms with E-state index in [0.717, 1.165) is 31.2 Å². The van der Waals surface area contributed by atoms with Crippen LogP contribution in [-0.4, -0.2) is 37.8 Å². The second-order valence-electron chi connectivity index (χ2n) is 6.64. The van der Waals surface area contributed by atoms with Crippen molar-refractivity contribution in [2.24, 2.45) is 5.92 Å². The first-order chi connectivity index (χ1) is 11.4. The first-order valence-electron chi connectivity index (χ1n) is 8.74. The molecule has 0 spiro atoms. The van der Waals surface area contributed by atoms with Crippen molar-refractivity contribution in [3.05, 3.63) is 35.9 Å². The number of hydrogen-bond donors (Lipinski definition) is 1. The van der Waals surface area contributed by atoms with Crippen LogP contribution >= 0.6 is 0 Å². The summed E-state index contributed by atoms with van der Waals surface area (Å²) in [4.78, 5) is 12.4. The Morgan fingerprint density at radius 2 is 2.04 bits per heavy atom. The highest BCUT2D eigenvalue weighted by Crippen LogP contribution is 2.22. The molecule has 2 rings (SSSR count). The number of nitrogens with one attached hydrogen (secondary N) is 1. The van der Waals surface area contributed by atoms with E-state index in [9.17, 15) is 13.2 Å². The Bertz CT molecular complexity index is 631. The Morgan fingerprint density at radius 3 is 2.71 bits per heavy atom. The zero-order valence-electron chi connectivity index (χ0n) is 14.6. The predicted octanol–water partition coefficient (Wildman–Crippen LogP) is 2.53. The van der Waals surface area contributed by atoms with Gasteiger partial charge in [-0.25, -0.2) is 12.7 Å². The SMILES string of the molecule is CCCC(C)NC(=O)C1CCCN(S(=O)(=O)Cc2ccccc2)C1. The molecule has 5 nitrogen and oxygen atoms in total. The van der Waals surface area contributed by atoms with E-state index in [1.165, 1.54) is 4.31 Å². The van der Waals surface area contributed by atoms with E-state index in [1.807, 2.05) is 37.3 Å². The Kier molecular flexibility index (Phi) is 6.80. The minimum atomic E-state index is -3.39. The average molecular weight is 353 g/mol. The lowest BCUT2D eigenvalue weighted by Gasteiger charge is -2.32. The summed E-state index contributed by atoms with van der Waals surface area (Å²) in [6.45, 7) is 4.87. The molecule has 0 radical (unpaired) electrons. The normalized spacial score (nSPS) is 20.5. The summed E-state index contributed by atoms with van der Waals surface area (Å²) >= 11 is 0. The molecule has 1 N–H and O–H groups in total. The smallest absolute Gasteiger partial charge is 0.224 e. The van der Waals surface area contributed by atoms with Gasteiger partial charge in [0.15, 0.2) is 0 Å². The molecule has 0 aliphatic carbocycles. The van der Waals surface area contributed by atoms with E-state index in [4.69, 9.17) is 0 Å². The van der Waals surface area contributed by atoms with Crippen LogP contribution in [0.4, 0.5) is 0 Å². The number of sulfonamides is 1. The molecule has 24 heavy (non-hydrogen) atoms. The monoisotopic (exact) mass is 352 g/mol. The third-order valence-corrected chi connectivity index (χ3v) is 6.27. The molecule has 1 aliphatic rings. The minimum Gasteiger partial charge on any atom is -0.353 e. The van der Waals surface area contributed by atoms with Crippen LogP contribution in [0.3, 0.4) is 0 Å². The van der Waals surface area contributed by atoms with Crippen LogP contribution in [0, 0.1) is 5.92 Å². The number of carbonyl (C=O) groups is 1. The number of carbonyl (C=O) groups excluding carboxylic acids is 1. The number of hydrogen-bond acceptors (Lipinski definition) is 3. The van der Waals surface area contributed by atoms with Crippen molar-refractivity contribution in [2.75, 3.05) is 13.1 Å². The van der Waals surface area contributed by atoms with Gasteiger partial charge in [-0.2, -0.15) is 0 Å².